The van der Waals surface area contributed by atoms with Crippen LogP contribution in [-0.2, 0) is 4.79 Å². The summed E-state index contributed by atoms with van der Waals surface area (Å²) in [5, 5.41) is 7.15. The molecule has 4 aromatic rings. The Morgan fingerprint density at radius 3 is 2.61 bits per heavy atom. The third-order valence-electron chi connectivity index (χ3n) is 6.54. The number of hydrogen-bond donors (Lipinski definition) is 2. The first-order chi connectivity index (χ1) is 17.5. The number of amides is 1. The molecule has 0 unspecified atom stereocenters. The van der Waals surface area contributed by atoms with Crippen LogP contribution in [0.3, 0.4) is 0 Å². The van der Waals surface area contributed by atoms with Crippen molar-refractivity contribution in [2.24, 2.45) is 0 Å². The van der Waals surface area contributed by atoms with Gasteiger partial charge in [-0.1, -0.05) is 25.1 Å². The molecule has 2 N–H and O–H groups in total. The molecular formula is C29H29N5OS. The van der Waals surface area contributed by atoms with Gasteiger partial charge in [-0.05, 0) is 91.8 Å². The van der Waals surface area contributed by atoms with Gasteiger partial charge in [0.05, 0.1) is 11.7 Å². The predicted molar refractivity (Wildman–Crippen MR) is 149 cm³/mol. The smallest absolute Gasteiger partial charge is 0.224 e. The first-order valence-electron chi connectivity index (χ1n) is 12.1. The van der Waals surface area contributed by atoms with Crippen molar-refractivity contribution >= 4 is 34.6 Å². The van der Waals surface area contributed by atoms with E-state index in [0.717, 1.165) is 34.0 Å². The summed E-state index contributed by atoms with van der Waals surface area (Å²) >= 11 is 5.90. The molecule has 0 bridgehead atoms. The highest BCUT2D eigenvalue weighted by atomic mass is 32.1. The average Bonchev–Trinajstić information content (AvgIpc) is 3.50. The Morgan fingerprint density at radius 1 is 1.03 bits per heavy atom. The minimum atomic E-state index is -0.142. The highest BCUT2D eigenvalue weighted by Gasteiger charge is 2.42. The van der Waals surface area contributed by atoms with Crippen LogP contribution in [-0.4, -0.2) is 20.6 Å². The van der Waals surface area contributed by atoms with Crippen LogP contribution in [0.2, 0.25) is 0 Å². The zero-order chi connectivity index (χ0) is 25.2. The summed E-state index contributed by atoms with van der Waals surface area (Å²) in [5.74, 6) is -0.00622. The van der Waals surface area contributed by atoms with Crippen molar-refractivity contribution in [2.45, 2.75) is 39.3 Å². The van der Waals surface area contributed by atoms with Crippen LogP contribution >= 0.6 is 12.2 Å². The Morgan fingerprint density at radius 2 is 1.89 bits per heavy atom. The van der Waals surface area contributed by atoms with Gasteiger partial charge in [0.15, 0.2) is 5.11 Å². The van der Waals surface area contributed by atoms with E-state index in [0.29, 0.717) is 11.5 Å². The van der Waals surface area contributed by atoms with Crippen molar-refractivity contribution < 1.29 is 4.79 Å². The lowest BCUT2D eigenvalue weighted by atomic mass is 10.00. The van der Waals surface area contributed by atoms with Crippen LogP contribution in [0.15, 0.2) is 85.2 Å². The molecule has 2 atom stereocenters. The second-order valence-electron chi connectivity index (χ2n) is 9.04. The number of thiocarbonyl (C=S) groups is 1. The van der Waals surface area contributed by atoms with Crippen molar-refractivity contribution in [1.29, 1.82) is 0 Å². The second-order valence-corrected chi connectivity index (χ2v) is 9.43. The average molecular weight is 496 g/mol. The van der Waals surface area contributed by atoms with Crippen LogP contribution in [0, 0.1) is 13.8 Å². The van der Waals surface area contributed by atoms with E-state index in [4.69, 9.17) is 12.2 Å². The first-order valence-corrected chi connectivity index (χ1v) is 12.5. The van der Waals surface area contributed by atoms with Crippen molar-refractivity contribution in [3.63, 3.8) is 0 Å². The van der Waals surface area contributed by atoms with Gasteiger partial charge in [0.2, 0.25) is 5.91 Å². The molecule has 2 aromatic carbocycles. The number of pyridine rings is 1. The van der Waals surface area contributed by atoms with E-state index in [1.165, 1.54) is 5.56 Å². The molecule has 1 amide bonds. The second kappa shape index (κ2) is 9.95. The van der Waals surface area contributed by atoms with Crippen molar-refractivity contribution in [3.8, 4) is 5.69 Å². The number of anilines is 2. The van der Waals surface area contributed by atoms with Crippen LogP contribution in [0.4, 0.5) is 11.4 Å². The van der Waals surface area contributed by atoms with Gasteiger partial charge in [-0.3, -0.25) is 9.78 Å². The Kier molecular flexibility index (Phi) is 6.57. The molecule has 1 aliphatic rings. The van der Waals surface area contributed by atoms with Crippen LogP contribution in [0.1, 0.15) is 47.9 Å². The third-order valence-corrected chi connectivity index (χ3v) is 6.86. The van der Waals surface area contributed by atoms with Gasteiger partial charge in [0.25, 0.3) is 0 Å². The molecule has 3 heterocycles. The fourth-order valence-corrected chi connectivity index (χ4v) is 5.10. The molecule has 1 saturated heterocycles. The van der Waals surface area contributed by atoms with E-state index >= 15 is 0 Å². The fraction of sp³-hybridized carbons (Fsp3) is 0.207. The molecule has 6 nitrogen and oxygen atoms in total. The Bertz CT molecular complexity index is 1410. The molecule has 0 radical (unpaired) electrons. The molecule has 5 rings (SSSR count). The van der Waals surface area contributed by atoms with E-state index in [-0.39, 0.29) is 18.0 Å². The number of aryl methyl sites for hydroxylation is 2. The van der Waals surface area contributed by atoms with Crippen LogP contribution in [0.25, 0.3) is 5.69 Å². The number of rotatable bonds is 6. The minimum absolute atomic E-state index is 0.00622. The highest BCUT2D eigenvalue weighted by molar-refractivity contribution is 7.80. The zero-order valence-electron chi connectivity index (χ0n) is 20.6. The zero-order valence-corrected chi connectivity index (χ0v) is 21.4. The Balaban J connectivity index is 1.62. The number of benzene rings is 2. The molecule has 0 spiro atoms. The molecule has 182 valence electrons. The summed E-state index contributed by atoms with van der Waals surface area (Å²) in [6, 6.07) is 24.4. The van der Waals surface area contributed by atoms with Crippen molar-refractivity contribution in [1.82, 2.24) is 14.9 Å². The van der Waals surface area contributed by atoms with Gasteiger partial charge >= 0.3 is 0 Å². The van der Waals surface area contributed by atoms with E-state index in [1.54, 1.807) is 0 Å². The largest absolute Gasteiger partial charge is 0.351 e. The molecule has 0 saturated carbocycles. The number of nitrogens with zero attached hydrogens (tertiary/aromatic N) is 3. The Labute approximate surface area is 217 Å². The summed E-state index contributed by atoms with van der Waals surface area (Å²) in [5.41, 5.74) is 7.07. The molecule has 2 aromatic heterocycles. The monoisotopic (exact) mass is 495 g/mol. The van der Waals surface area contributed by atoms with Gasteiger partial charge < -0.3 is 20.1 Å². The standard InChI is InChI=1S/C29H29N5OS/c1-4-26(35)31-23-14-13-22(18-20(23)3)34-28(27(32-29(34)36)24-11-5-6-15-30-24)25-12-8-16-33(25)21-10-7-9-19(2)17-21/h5-18,27-28H,4H2,1-3H3,(H,31,35)(H,32,36)/t27-,28+/m0/s1. The van der Waals surface area contributed by atoms with Gasteiger partial charge in [-0.25, -0.2) is 0 Å². The van der Waals surface area contributed by atoms with E-state index in [1.807, 2.05) is 50.4 Å². The maximum Gasteiger partial charge on any atom is 0.224 e. The number of hydrogen-bond acceptors (Lipinski definition) is 3. The normalized spacial score (nSPS) is 17.2. The summed E-state index contributed by atoms with van der Waals surface area (Å²) in [7, 11) is 0. The third kappa shape index (κ3) is 4.50. The summed E-state index contributed by atoms with van der Waals surface area (Å²) < 4.78 is 2.22. The summed E-state index contributed by atoms with van der Waals surface area (Å²) in [4.78, 5) is 18.8. The predicted octanol–water partition coefficient (Wildman–Crippen LogP) is 6.01. The molecule has 1 fully saturated rings. The van der Waals surface area contributed by atoms with Gasteiger partial charge in [-0.2, -0.15) is 0 Å². The fourth-order valence-electron chi connectivity index (χ4n) is 4.76. The topological polar surface area (TPSA) is 62.2 Å². The lowest BCUT2D eigenvalue weighted by molar-refractivity contribution is -0.115. The highest BCUT2D eigenvalue weighted by Crippen LogP contribution is 2.42. The maximum absolute atomic E-state index is 12.0. The maximum atomic E-state index is 12.0. The Hall–Kier alpha value is -3.97. The quantitative estimate of drug-likeness (QED) is 0.321. The lowest BCUT2D eigenvalue weighted by Gasteiger charge is -2.29. The number of carbonyl (C=O) groups excluding carboxylic acids is 1. The summed E-state index contributed by atoms with van der Waals surface area (Å²) in [6.07, 6.45) is 4.34. The number of nitrogens with one attached hydrogen (secondary N) is 2. The SMILES string of the molecule is CCC(=O)Nc1ccc(N2C(=S)N[C@@H](c3ccccn3)[C@H]2c2cccn2-c2cccc(C)c2)cc1C. The van der Waals surface area contributed by atoms with Gasteiger partial charge in [0, 0.05) is 41.6 Å². The first kappa shape index (κ1) is 23.8. The van der Waals surface area contributed by atoms with E-state index < -0.39 is 0 Å². The lowest BCUT2D eigenvalue weighted by Crippen LogP contribution is -2.30. The molecule has 1 aliphatic heterocycles. The van der Waals surface area contributed by atoms with E-state index in [9.17, 15) is 4.79 Å². The van der Waals surface area contributed by atoms with Gasteiger partial charge in [0.1, 0.15) is 6.04 Å². The number of carbonyl (C=O) groups is 1. The molecule has 36 heavy (non-hydrogen) atoms. The van der Waals surface area contributed by atoms with Crippen LogP contribution < -0.4 is 15.5 Å². The number of aromatic nitrogens is 2. The van der Waals surface area contributed by atoms with Gasteiger partial charge in [-0.15, -0.1) is 0 Å². The summed E-state index contributed by atoms with van der Waals surface area (Å²) in [6.45, 7) is 5.95. The molecule has 7 heteroatoms. The van der Waals surface area contributed by atoms with E-state index in [2.05, 4.69) is 80.7 Å². The van der Waals surface area contributed by atoms with Crippen LogP contribution in [0.5, 0.6) is 0 Å². The molecular weight excluding hydrogens is 466 g/mol. The van der Waals surface area contributed by atoms with Crippen molar-refractivity contribution in [3.05, 3.63) is 108 Å². The molecule has 0 aliphatic carbocycles. The minimum Gasteiger partial charge on any atom is -0.351 e. The van der Waals surface area contributed by atoms with Crippen molar-refractivity contribution in [2.75, 3.05) is 10.2 Å².